The molecule has 1 fully saturated rings. The highest BCUT2D eigenvalue weighted by molar-refractivity contribution is 5.89. The molecule has 7 heteroatoms. The molecule has 1 saturated heterocycles. The Balaban J connectivity index is 1.57. The van der Waals surface area contributed by atoms with Gasteiger partial charge < -0.3 is 9.47 Å². The molecule has 23 heavy (non-hydrogen) atoms. The molecule has 1 aliphatic rings. The predicted octanol–water partition coefficient (Wildman–Crippen LogP) is 0.929. The van der Waals surface area contributed by atoms with E-state index in [4.69, 9.17) is 9.47 Å². The van der Waals surface area contributed by atoms with Crippen LogP contribution in [0.15, 0.2) is 52.2 Å². The quantitative estimate of drug-likeness (QED) is 0.847. The first-order chi connectivity index (χ1) is 11.1. The van der Waals surface area contributed by atoms with E-state index in [2.05, 4.69) is 4.98 Å². The topological polar surface area (TPSA) is 90.4 Å². The maximum absolute atomic E-state index is 11.9. The third kappa shape index (κ3) is 3.57. The number of H-pyrrole nitrogens is 1. The van der Waals surface area contributed by atoms with Crippen LogP contribution in [0.5, 0.6) is 0 Å². The monoisotopic (exact) mass is 316 g/mol. The van der Waals surface area contributed by atoms with Crippen LogP contribution >= 0.6 is 0 Å². The molecule has 2 aromatic rings. The predicted molar refractivity (Wildman–Crippen MR) is 81.1 cm³/mol. The SMILES string of the molecule is O=C(OCC1COC(n2ccc(=O)[nH]c2=O)C1)c1ccccc1. The van der Waals surface area contributed by atoms with E-state index >= 15 is 0 Å². The molecular weight excluding hydrogens is 300 g/mol. The molecule has 0 spiro atoms. The fourth-order valence-electron chi connectivity index (χ4n) is 2.48. The van der Waals surface area contributed by atoms with E-state index in [0.29, 0.717) is 18.6 Å². The van der Waals surface area contributed by atoms with Crippen molar-refractivity contribution in [1.29, 1.82) is 0 Å². The zero-order chi connectivity index (χ0) is 16.2. The van der Waals surface area contributed by atoms with Gasteiger partial charge in [0, 0.05) is 24.6 Å². The summed E-state index contributed by atoms with van der Waals surface area (Å²) in [7, 11) is 0. The molecule has 1 aromatic carbocycles. The van der Waals surface area contributed by atoms with Crippen LogP contribution in [0, 0.1) is 5.92 Å². The summed E-state index contributed by atoms with van der Waals surface area (Å²) in [6.45, 7) is 0.612. The zero-order valence-corrected chi connectivity index (χ0v) is 12.3. The van der Waals surface area contributed by atoms with Crippen LogP contribution in [0.4, 0.5) is 0 Å². The van der Waals surface area contributed by atoms with Crippen molar-refractivity contribution in [2.75, 3.05) is 13.2 Å². The minimum Gasteiger partial charge on any atom is -0.462 e. The Labute approximate surface area is 131 Å². The number of hydrogen-bond acceptors (Lipinski definition) is 5. The lowest BCUT2D eigenvalue weighted by Gasteiger charge is -2.12. The molecule has 3 rings (SSSR count). The molecule has 7 nitrogen and oxygen atoms in total. The van der Waals surface area contributed by atoms with E-state index in [1.807, 2.05) is 6.07 Å². The van der Waals surface area contributed by atoms with Crippen molar-refractivity contribution >= 4 is 5.97 Å². The Morgan fingerprint density at radius 3 is 2.78 bits per heavy atom. The summed E-state index contributed by atoms with van der Waals surface area (Å²) in [5, 5.41) is 0. The van der Waals surface area contributed by atoms with Gasteiger partial charge in [0.2, 0.25) is 0 Å². The largest absolute Gasteiger partial charge is 0.462 e. The number of nitrogens with zero attached hydrogens (tertiary/aromatic N) is 1. The lowest BCUT2D eigenvalue weighted by Crippen LogP contribution is -2.31. The molecule has 120 valence electrons. The Hall–Kier alpha value is -2.67. The maximum Gasteiger partial charge on any atom is 0.338 e. The van der Waals surface area contributed by atoms with Gasteiger partial charge in [0.15, 0.2) is 0 Å². The number of nitrogens with one attached hydrogen (secondary N) is 1. The molecule has 2 atom stereocenters. The number of benzene rings is 1. The average Bonchev–Trinajstić information content (AvgIpc) is 3.02. The highest BCUT2D eigenvalue weighted by Crippen LogP contribution is 2.26. The van der Waals surface area contributed by atoms with Crippen molar-refractivity contribution in [1.82, 2.24) is 9.55 Å². The van der Waals surface area contributed by atoms with Gasteiger partial charge in [-0.3, -0.25) is 14.3 Å². The van der Waals surface area contributed by atoms with Crippen molar-refractivity contribution in [2.24, 2.45) is 5.92 Å². The van der Waals surface area contributed by atoms with E-state index in [1.165, 1.54) is 16.8 Å². The molecule has 2 heterocycles. The van der Waals surface area contributed by atoms with E-state index < -0.39 is 17.5 Å². The highest BCUT2D eigenvalue weighted by Gasteiger charge is 2.28. The van der Waals surface area contributed by atoms with Crippen molar-refractivity contribution in [3.63, 3.8) is 0 Å². The first kappa shape index (κ1) is 15.2. The standard InChI is InChI=1S/C16H16N2O5/c19-13-6-7-18(16(21)17-13)14-8-11(9-22-14)10-23-15(20)12-4-2-1-3-5-12/h1-7,11,14H,8-10H2,(H,17,19,21). The van der Waals surface area contributed by atoms with Gasteiger partial charge in [-0.15, -0.1) is 0 Å². The zero-order valence-electron chi connectivity index (χ0n) is 12.3. The maximum atomic E-state index is 11.9. The second-order valence-electron chi connectivity index (χ2n) is 5.37. The Kier molecular flexibility index (Phi) is 4.38. The van der Waals surface area contributed by atoms with Crippen LogP contribution in [0.3, 0.4) is 0 Å². The van der Waals surface area contributed by atoms with Crippen LogP contribution in [0.2, 0.25) is 0 Å². The highest BCUT2D eigenvalue weighted by atomic mass is 16.5. The summed E-state index contributed by atoms with van der Waals surface area (Å²) < 4.78 is 12.2. The van der Waals surface area contributed by atoms with Gasteiger partial charge in [-0.2, -0.15) is 0 Å². The lowest BCUT2D eigenvalue weighted by atomic mass is 10.1. The third-order valence-corrected chi connectivity index (χ3v) is 3.68. The lowest BCUT2D eigenvalue weighted by molar-refractivity contribution is 0.0375. The molecule has 1 N–H and O–H groups in total. The van der Waals surface area contributed by atoms with Crippen LogP contribution in [-0.4, -0.2) is 28.7 Å². The number of rotatable bonds is 4. The number of ether oxygens (including phenoxy) is 2. The van der Waals surface area contributed by atoms with E-state index in [-0.39, 0.29) is 18.5 Å². The van der Waals surface area contributed by atoms with Gasteiger partial charge in [-0.25, -0.2) is 9.59 Å². The first-order valence-corrected chi connectivity index (χ1v) is 7.29. The summed E-state index contributed by atoms with van der Waals surface area (Å²) in [4.78, 5) is 36.9. The Bertz CT molecular complexity index is 796. The third-order valence-electron chi connectivity index (χ3n) is 3.68. The van der Waals surface area contributed by atoms with Gasteiger partial charge in [0.05, 0.1) is 18.8 Å². The molecule has 0 saturated carbocycles. The second kappa shape index (κ2) is 6.62. The molecule has 0 bridgehead atoms. The number of carbonyl (C=O) groups excluding carboxylic acids is 1. The van der Waals surface area contributed by atoms with Crippen molar-refractivity contribution in [2.45, 2.75) is 12.6 Å². The molecule has 0 radical (unpaired) electrons. The van der Waals surface area contributed by atoms with E-state index in [9.17, 15) is 14.4 Å². The summed E-state index contributed by atoms with van der Waals surface area (Å²) >= 11 is 0. The fraction of sp³-hybridized carbons (Fsp3) is 0.312. The van der Waals surface area contributed by atoms with Gasteiger partial charge in [-0.05, 0) is 12.1 Å². The number of aromatic amines is 1. The molecule has 0 aliphatic carbocycles. The molecule has 1 aliphatic heterocycles. The Morgan fingerprint density at radius 2 is 2.04 bits per heavy atom. The first-order valence-electron chi connectivity index (χ1n) is 7.29. The van der Waals surface area contributed by atoms with Crippen molar-refractivity contribution in [3.8, 4) is 0 Å². The number of esters is 1. The smallest absolute Gasteiger partial charge is 0.338 e. The summed E-state index contributed by atoms with van der Waals surface area (Å²) in [5.74, 6) is -0.373. The minimum absolute atomic E-state index is 0.00601. The molecule has 2 unspecified atom stereocenters. The summed E-state index contributed by atoms with van der Waals surface area (Å²) in [5.41, 5.74) is -0.457. The summed E-state index contributed by atoms with van der Waals surface area (Å²) in [6, 6.07) is 10.0. The number of aromatic nitrogens is 2. The van der Waals surface area contributed by atoms with Gasteiger partial charge in [0.1, 0.15) is 6.23 Å². The van der Waals surface area contributed by atoms with Gasteiger partial charge in [0.25, 0.3) is 5.56 Å². The van der Waals surface area contributed by atoms with Crippen LogP contribution in [-0.2, 0) is 9.47 Å². The van der Waals surface area contributed by atoms with Crippen LogP contribution in [0.1, 0.15) is 23.0 Å². The number of carbonyl (C=O) groups is 1. The van der Waals surface area contributed by atoms with Crippen LogP contribution in [0.25, 0.3) is 0 Å². The average molecular weight is 316 g/mol. The molecule has 1 aromatic heterocycles. The van der Waals surface area contributed by atoms with Gasteiger partial charge >= 0.3 is 11.7 Å². The van der Waals surface area contributed by atoms with E-state index in [0.717, 1.165) is 0 Å². The number of hydrogen-bond donors (Lipinski definition) is 1. The fourth-order valence-corrected chi connectivity index (χ4v) is 2.48. The normalized spacial score (nSPS) is 20.3. The van der Waals surface area contributed by atoms with Crippen LogP contribution < -0.4 is 11.2 Å². The van der Waals surface area contributed by atoms with Crippen molar-refractivity contribution < 1.29 is 14.3 Å². The van der Waals surface area contributed by atoms with Crippen molar-refractivity contribution in [3.05, 3.63) is 69.0 Å². The minimum atomic E-state index is -0.510. The van der Waals surface area contributed by atoms with E-state index in [1.54, 1.807) is 24.3 Å². The summed E-state index contributed by atoms with van der Waals surface area (Å²) in [6.07, 6.45) is 1.48. The molecule has 0 amide bonds. The molecular formula is C16H16N2O5. The van der Waals surface area contributed by atoms with Gasteiger partial charge in [-0.1, -0.05) is 18.2 Å². The second-order valence-corrected chi connectivity index (χ2v) is 5.37. The Morgan fingerprint density at radius 1 is 1.26 bits per heavy atom.